The van der Waals surface area contributed by atoms with Crippen LogP contribution in [0.5, 0.6) is 5.75 Å². The number of hydrogen-bond acceptors (Lipinski definition) is 6. The number of aromatic amines is 1. The molecule has 0 bridgehead atoms. The van der Waals surface area contributed by atoms with E-state index in [1.54, 1.807) is 43.3 Å². The Balaban J connectivity index is 1.55. The average molecular weight is 486 g/mol. The molecule has 1 atom stereocenters. The number of nitrogens with one attached hydrogen (secondary N) is 1. The molecule has 1 aliphatic heterocycles. The summed E-state index contributed by atoms with van der Waals surface area (Å²) in [4.78, 5) is 35.4. The molecule has 8 heteroatoms. The van der Waals surface area contributed by atoms with Crippen LogP contribution in [0.2, 0.25) is 0 Å². The lowest BCUT2D eigenvalue weighted by atomic mass is 9.99. The van der Waals surface area contributed by atoms with Crippen LogP contribution in [-0.2, 0) is 9.59 Å². The molecule has 1 amide bonds. The van der Waals surface area contributed by atoms with Crippen LogP contribution < -0.4 is 9.64 Å². The minimum atomic E-state index is -0.982. The number of unbranched alkanes of at least 4 members (excludes halogenated alkanes) is 2. The zero-order valence-electron chi connectivity index (χ0n) is 20.2. The van der Waals surface area contributed by atoms with Gasteiger partial charge in [-0.2, -0.15) is 0 Å². The Bertz CT molecular complexity index is 1410. The number of aliphatic hydroxyl groups excluding tert-OH is 1. The van der Waals surface area contributed by atoms with Gasteiger partial charge in [0.15, 0.2) is 0 Å². The number of hydrogen-bond donors (Lipinski definition) is 2. The van der Waals surface area contributed by atoms with Gasteiger partial charge < -0.3 is 19.2 Å². The molecule has 1 aliphatic rings. The van der Waals surface area contributed by atoms with Gasteiger partial charge in [0.2, 0.25) is 5.95 Å². The van der Waals surface area contributed by atoms with E-state index in [1.165, 1.54) is 4.90 Å². The van der Waals surface area contributed by atoms with Crippen molar-refractivity contribution in [2.24, 2.45) is 0 Å². The summed E-state index contributed by atoms with van der Waals surface area (Å²) in [5.41, 5.74) is 1.70. The molecule has 0 saturated carbocycles. The fourth-order valence-electron chi connectivity index (χ4n) is 4.38. The first kappa shape index (κ1) is 23.4. The number of carbonyl (C=O) groups is 2. The summed E-state index contributed by atoms with van der Waals surface area (Å²) >= 11 is 0. The second-order valence-electron chi connectivity index (χ2n) is 8.78. The Hall–Kier alpha value is -4.33. The first-order valence-corrected chi connectivity index (χ1v) is 12.0. The second kappa shape index (κ2) is 9.73. The quantitative estimate of drug-likeness (QED) is 0.144. The molecular formula is C28H27N3O5. The summed E-state index contributed by atoms with van der Waals surface area (Å²) in [6, 6.07) is 16.6. The summed E-state index contributed by atoms with van der Waals surface area (Å²) < 4.78 is 11.6. The van der Waals surface area contributed by atoms with Crippen molar-refractivity contribution in [1.29, 1.82) is 0 Å². The molecule has 1 saturated heterocycles. The highest BCUT2D eigenvalue weighted by molar-refractivity contribution is 6.51. The molecule has 1 fully saturated rings. The van der Waals surface area contributed by atoms with Gasteiger partial charge >= 0.3 is 5.91 Å². The number of nitrogens with zero attached hydrogens (tertiary/aromatic N) is 2. The monoisotopic (exact) mass is 485 g/mol. The third-order valence-electron chi connectivity index (χ3n) is 6.22. The minimum absolute atomic E-state index is 0.0635. The number of carbonyl (C=O) groups excluding carboxylic acids is 2. The molecule has 5 rings (SSSR count). The summed E-state index contributed by atoms with van der Waals surface area (Å²) in [5, 5.41) is 11.3. The lowest BCUT2D eigenvalue weighted by molar-refractivity contribution is -0.132. The number of ketones is 1. The molecule has 0 aliphatic carbocycles. The number of aliphatic hydroxyl groups is 1. The number of Topliss-reactive ketones (excluding diaryl/α,β-unsaturated/α-hetero) is 1. The topological polar surface area (TPSA) is 109 Å². The largest absolute Gasteiger partial charge is 0.507 e. The molecule has 2 N–H and O–H groups in total. The molecule has 36 heavy (non-hydrogen) atoms. The van der Waals surface area contributed by atoms with Crippen LogP contribution in [0.1, 0.15) is 49.3 Å². The van der Waals surface area contributed by atoms with Gasteiger partial charge in [0.05, 0.1) is 23.2 Å². The van der Waals surface area contributed by atoms with Gasteiger partial charge in [-0.3, -0.25) is 14.5 Å². The highest BCUT2D eigenvalue weighted by Crippen LogP contribution is 2.42. The first-order valence-electron chi connectivity index (χ1n) is 12.0. The van der Waals surface area contributed by atoms with Crippen molar-refractivity contribution in [2.45, 2.75) is 39.2 Å². The van der Waals surface area contributed by atoms with Crippen molar-refractivity contribution in [3.63, 3.8) is 0 Å². The van der Waals surface area contributed by atoms with E-state index in [-0.39, 0.29) is 17.3 Å². The molecule has 3 heterocycles. The van der Waals surface area contributed by atoms with Crippen LogP contribution in [0.3, 0.4) is 0 Å². The van der Waals surface area contributed by atoms with E-state index in [9.17, 15) is 14.7 Å². The number of benzene rings is 2. The number of imidazole rings is 1. The highest BCUT2D eigenvalue weighted by Gasteiger charge is 2.49. The van der Waals surface area contributed by atoms with Gasteiger partial charge in [0, 0.05) is 5.56 Å². The average Bonchev–Trinajstić information content (AvgIpc) is 3.57. The Morgan fingerprint density at radius 2 is 1.86 bits per heavy atom. The molecule has 2 aromatic heterocycles. The maximum absolute atomic E-state index is 13.3. The predicted molar refractivity (Wildman–Crippen MR) is 136 cm³/mol. The van der Waals surface area contributed by atoms with Gasteiger partial charge in [0.25, 0.3) is 5.78 Å². The SMILES string of the molecule is CCCCCOc1ccc(/C(O)=C2\C(=O)C(=O)N(c3nc4ccccc4[nH]3)C2c2ccc(C)o2)cc1. The number of ether oxygens (including phenoxy) is 1. The zero-order valence-corrected chi connectivity index (χ0v) is 20.2. The second-order valence-corrected chi connectivity index (χ2v) is 8.78. The molecule has 0 spiro atoms. The van der Waals surface area contributed by atoms with Gasteiger partial charge in [-0.25, -0.2) is 4.98 Å². The van der Waals surface area contributed by atoms with Crippen molar-refractivity contribution in [2.75, 3.05) is 11.5 Å². The van der Waals surface area contributed by atoms with Gasteiger partial charge in [-0.15, -0.1) is 0 Å². The maximum atomic E-state index is 13.3. The third-order valence-corrected chi connectivity index (χ3v) is 6.22. The predicted octanol–water partition coefficient (Wildman–Crippen LogP) is 5.66. The number of para-hydroxylation sites is 2. The zero-order chi connectivity index (χ0) is 25.2. The van der Waals surface area contributed by atoms with E-state index >= 15 is 0 Å². The van der Waals surface area contributed by atoms with Crippen molar-refractivity contribution < 1.29 is 23.8 Å². The minimum Gasteiger partial charge on any atom is -0.507 e. The number of H-pyrrole nitrogens is 1. The van der Waals surface area contributed by atoms with Crippen LogP contribution in [0, 0.1) is 6.92 Å². The highest BCUT2D eigenvalue weighted by atomic mass is 16.5. The van der Waals surface area contributed by atoms with Crippen LogP contribution in [0.4, 0.5) is 5.95 Å². The molecule has 2 aromatic carbocycles. The maximum Gasteiger partial charge on any atom is 0.302 e. The fraction of sp³-hybridized carbons (Fsp3) is 0.250. The molecule has 1 unspecified atom stereocenters. The van der Waals surface area contributed by atoms with Crippen LogP contribution in [0.15, 0.2) is 70.7 Å². The van der Waals surface area contributed by atoms with Crippen molar-refractivity contribution in [3.05, 3.63) is 83.3 Å². The number of amides is 1. The van der Waals surface area contributed by atoms with E-state index in [1.807, 2.05) is 24.3 Å². The van der Waals surface area contributed by atoms with Crippen LogP contribution in [0.25, 0.3) is 16.8 Å². The number of furan rings is 1. The van der Waals surface area contributed by atoms with Gasteiger partial charge in [0.1, 0.15) is 29.1 Å². The lowest BCUT2D eigenvalue weighted by Gasteiger charge is -2.20. The van der Waals surface area contributed by atoms with E-state index in [2.05, 4.69) is 16.9 Å². The Kier molecular flexibility index (Phi) is 6.33. The molecule has 8 nitrogen and oxygen atoms in total. The number of aromatic nitrogens is 2. The summed E-state index contributed by atoms with van der Waals surface area (Å²) in [5.74, 6) is -0.0637. The normalized spacial score (nSPS) is 17.3. The van der Waals surface area contributed by atoms with Gasteiger partial charge in [-0.05, 0) is 61.9 Å². The number of fused-ring (bicyclic) bond motifs is 1. The molecule has 4 aromatic rings. The molecule has 184 valence electrons. The Morgan fingerprint density at radius 3 is 2.56 bits per heavy atom. The summed E-state index contributed by atoms with van der Waals surface area (Å²) in [6.07, 6.45) is 3.17. The number of anilines is 1. The lowest BCUT2D eigenvalue weighted by Crippen LogP contribution is -2.30. The van der Waals surface area contributed by atoms with E-state index < -0.39 is 17.7 Å². The molecule has 0 radical (unpaired) electrons. The smallest absolute Gasteiger partial charge is 0.302 e. The standard InChI is InChI=1S/C28H27N3O5/c1-3-4-7-16-35-19-13-11-18(12-14-19)25(32)23-24(22-15-10-17(2)36-22)31(27(34)26(23)33)28-29-20-8-5-6-9-21(20)30-28/h5-6,8-15,24,32H,3-4,7,16H2,1-2H3,(H,29,30)/b25-23+. The van der Waals surface area contributed by atoms with Crippen molar-refractivity contribution in [1.82, 2.24) is 9.97 Å². The van der Waals surface area contributed by atoms with E-state index in [4.69, 9.17) is 9.15 Å². The molecular weight excluding hydrogens is 458 g/mol. The number of aryl methyl sites for hydroxylation is 1. The van der Waals surface area contributed by atoms with Crippen molar-refractivity contribution in [3.8, 4) is 5.75 Å². The fourth-order valence-corrected chi connectivity index (χ4v) is 4.38. The first-order chi connectivity index (χ1) is 17.5. The van der Waals surface area contributed by atoms with Crippen LogP contribution in [-0.4, -0.2) is 33.4 Å². The van der Waals surface area contributed by atoms with Gasteiger partial charge in [-0.1, -0.05) is 31.9 Å². The number of rotatable bonds is 8. The Labute approximate surface area is 208 Å². The third kappa shape index (κ3) is 4.26. The van der Waals surface area contributed by atoms with Crippen molar-refractivity contribution >= 4 is 34.4 Å². The van der Waals surface area contributed by atoms with Crippen LogP contribution >= 0.6 is 0 Å². The van der Waals surface area contributed by atoms with E-state index in [0.717, 1.165) is 24.8 Å². The summed E-state index contributed by atoms with van der Waals surface area (Å²) in [6.45, 7) is 4.52. The Morgan fingerprint density at radius 1 is 1.08 bits per heavy atom. The van der Waals surface area contributed by atoms with E-state index in [0.29, 0.717) is 35.0 Å². The summed E-state index contributed by atoms with van der Waals surface area (Å²) in [7, 11) is 0.